The molecule has 0 aliphatic carbocycles. The van der Waals surface area contributed by atoms with Crippen LogP contribution in [0.4, 0.5) is 0 Å². The van der Waals surface area contributed by atoms with Crippen molar-refractivity contribution in [2.45, 2.75) is 6.92 Å². The van der Waals surface area contributed by atoms with Crippen molar-refractivity contribution in [1.82, 2.24) is 21.2 Å². The van der Waals surface area contributed by atoms with E-state index in [1.54, 1.807) is 13.2 Å². The third-order valence-corrected chi connectivity index (χ3v) is 3.22. The van der Waals surface area contributed by atoms with Crippen molar-refractivity contribution in [3.63, 3.8) is 0 Å². The summed E-state index contributed by atoms with van der Waals surface area (Å²) in [5, 5.41) is 4.04. The van der Waals surface area contributed by atoms with Crippen molar-refractivity contribution in [3.05, 3.63) is 41.6 Å². The van der Waals surface area contributed by atoms with Crippen LogP contribution in [0.5, 0.6) is 0 Å². The minimum atomic E-state index is -0.266. The van der Waals surface area contributed by atoms with E-state index in [1.807, 2.05) is 31.2 Å². The highest BCUT2D eigenvalue weighted by molar-refractivity contribution is 7.80. The first-order valence-corrected chi connectivity index (χ1v) is 7.22. The molecule has 0 aliphatic rings. The number of aryl methyl sites for hydroxylation is 1. The Morgan fingerprint density at radius 2 is 2.09 bits per heavy atom. The van der Waals surface area contributed by atoms with Crippen LogP contribution in [0.3, 0.4) is 0 Å². The molecule has 3 N–H and O–H groups in total. The quantitative estimate of drug-likeness (QED) is 0.448. The first-order chi connectivity index (χ1) is 10.6. The summed E-state index contributed by atoms with van der Waals surface area (Å²) in [5.74, 6) is -0.266. The summed E-state index contributed by atoms with van der Waals surface area (Å²) >= 11 is 5.05. The molecule has 116 valence electrons. The monoisotopic (exact) mass is 318 g/mol. The minimum Gasteiger partial charge on any atom is -0.383 e. The number of hydrogen-bond acceptors (Lipinski definition) is 4. The molecule has 0 bridgehead atoms. The number of methoxy groups -OCH3 is 1. The van der Waals surface area contributed by atoms with Gasteiger partial charge in [-0.2, -0.15) is 0 Å². The number of nitrogens with one attached hydrogen (secondary N) is 3. The third kappa shape index (κ3) is 4.12. The fraction of sp³-hybridized carbons (Fsp3) is 0.267. The normalized spacial score (nSPS) is 10.3. The zero-order chi connectivity index (χ0) is 15.9. The number of hydrogen-bond donors (Lipinski definition) is 3. The van der Waals surface area contributed by atoms with Crippen molar-refractivity contribution in [3.8, 4) is 0 Å². The number of para-hydroxylation sites is 1. The lowest BCUT2D eigenvalue weighted by molar-refractivity contribution is 0.0945. The van der Waals surface area contributed by atoms with Gasteiger partial charge in [0.25, 0.3) is 5.91 Å². The Morgan fingerprint density at radius 1 is 1.32 bits per heavy atom. The number of pyridine rings is 1. The summed E-state index contributed by atoms with van der Waals surface area (Å²) in [7, 11) is 1.61. The number of nitrogens with zero attached hydrogens (tertiary/aromatic N) is 1. The van der Waals surface area contributed by atoms with E-state index in [1.165, 1.54) is 0 Å². The largest absolute Gasteiger partial charge is 0.383 e. The summed E-state index contributed by atoms with van der Waals surface area (Å²) < 4.78 is 4.90. The van der Waals surface area contributed by atoms with E-state index in [9.17, 15) is 4.79 Å². The first kappa shape index (κ1) is 16.1. The minimum absolute atomic E-state index is 0.266. The lowest BCUT2D eigenvalue weighted by Crippen LogP contribution is -2.47. The molecule has 1 heterocycles. The van der Waals surface area contributed by atoms with Crippen LogP contribution < -0.4 is 16.2 Å². The molecule has 0 saturated heterocycles. The maximum Gasteiger partial charge on any atom is 0.270 e. The number of ether oxygens (including phenoxy) is 1. The molecule has 0 spiro atoms. The first-order valence-electron chi connectivity index (χ1n) is 6.81. The highest BCUT2D eigenvalue weighted by Crippen LogP contribution is 2.17. The number of thiocarbonyl (C=S) groups is 1. The molecular weight excluding hydrogens is 300 g/mol. The van der Waals surface area contributed by atoms with Crippen LogP contribution in [0, 0.1) is 6.92 Å². The molecule has 0 fully saturated rings. The SMILES string of the molecule is COCCNC(=S)NNC(=O)c1cc(C)nc2ccccc12. The van der Waals surface area contributed by atoms with E-state index < -0.39 is 0 Å². The molecule has 1 aromatic heterocycles. The predicted molar refractivity (Wildman–Crippen MR) is 89.6 cm³/mol. The van der Waals surface area contributed by atoms with Crippen LogP contribution >= 0.6 is 12.2 Å². The number of hydrazine groups is 1. The number of aromatic nitrogens is 1. The number of benzene rings is 1. The summed E-state index contributed by atoms with van der Waals surface area (Å²) in [6, 6.07) is 9.26. The van der Waals surface area contributed by atoms with Crippen LogP contribution in [0.25, 0.3) is 10.9 Å². The van der Waals surface area contributed by atoms with Gasteiger partial charge in [-0.3, -0.25) is 20.6 Å². The predicted octanol–water partition coefficient (Wildman–Crippen LogP) is 1.30. The average Bonchev–Trinajstić information content (AvgIpc) is 2.52. The van der Waals surface area contributed by atoms with Crippen molar-refractivity contribution in [2.24, 2.45) is 0 Å². The van der Waals surface area contributed by atoms with Crippen LogP contribution in [0.1, 0.15) is 16.1 Å². The van der Waals surface area contributed by atoms with Gasteiger partial charge in [-0.25, -0.2) is 0 Å². The summed E-state index contributed by atoms with van der Waals surface area (Å²) in [4.78, 5) is 16.7. The Labute approximate surface area is 134 Å². The van der Waals surface area contributed by atoms with Crippen molar-refractivity contribution in [1.29, 1.82) is 0 Å². The van der Waals surface area contributed by atoms with Gasteiger partial charge in [-0.1, -0.05) is 18.2 Å². The Morgan fingerprint density at radius 3 is 2.86 bits per heavy atom. The van der Waals surface area contributed by atoms with Crippen LogP contribution in [0.15, 0.2) is 30.3 Å². The Hall–Kier alpha value is -2.25. The lowest BCUT2D eigenvalue weighted by Gasteiger charge is -2.12. The van der Waals surface area contributed by atoms with E-state index in [4.69, 9.17) is 17.0 Å². The Kier molecular flexibility index (Phi) is 5.62. The van der Waals surface area contributed by atoms with Crippen molar-refractivity contribution >= 4 is 34.1 Å². The van der Waals surface area contributed by atoms with E-state index >= 15 is 0 Å². The van der Waals surface area contributed by atoms with Gasteiger partial charge in [0.2, 0.25) is 0 Å². The van der Waals surface area contributed by atoms with E-state index in [0.29, 0.717) is 23.8 Å². The standard InChI is InChI=1S/C15H18N4O2S/c1-10-9-12(11-5-3-4-6-13(11)17-10)14(20)18-19-15(22)16-7-8-21-2/h3-6,9H,7-8H2,1-2H3,(H,18,20)(H2,16,19,22). The highest BCUT2D eigenvalue weighted by Gasteiger charge is 2.11. The molecule has 0 saturated carbocycles. The summed E-state index contributed by atoms with van der Waals surface area (Å²) in [5.41, 5.74) is 7.37. The molecule has 6 nitrogen and oxygen atoms in total. The zero-order valence-electron chi connectivity index (χ0n) is 12.5. The molecule has 0 atom stereocenters. The van der Waals surface area contributed by atoms with Gasteiger partial charge < -0.3 is 10.1 Å². The summed E-state index contributed by atoms with van der Waals surface area (Å²) in [6.07, 6.45) is 0. The topological polar surface area (TPSA) is 75.3 Å². The van der Waals surface area contributed by atoms with Crippen molar-refractivity contribution in [2.75, 3.05) is 20.3 Å². The second kappa shape index (κ2) is 7.67. The molecule has 1 aromatic carbocycles. The van der Waals surface area contributed by atoms with E-state index in [-0.39, 0.29) is 5.91 Å². The lowest BCUT2D eigenvalue weighted by atomic mass is 10.1. The molecular formula is C15H18N4O2S. The summed E-state index contributed by atoms with van der Waals surface area (Å²) in [6.45, 7) is 2.95. The van der Waals surface area contributed by atoms with Crippen LogP contribution in [-0.2, 0) is 4.74 Å². The number of fused-ring (bicyclic) bond motifs is 1. The molecule has 0 aliphatic heterocycles. The fourth-order valence-corrected chi connectivity index (χ4v) is 2.14. The maximum absolute atomic E-state index is 12.3. The molecule has 2 rings (SSSR count). The van der Waals surface area contributed by atoms with Gasteiger partial charge in [0.1, 0.15) is 0 Å². The molecule has 0 radical (unpaired) electrons. The molecule has 1 amide bonds. The number of carbonyl (C=O) groups is 1. The number of amides is 1. The van der Waals surface area contributed by atoms with Gasteiger partial charge in [-0.15, -0.1) is 0 Å². The second-order valence-corrected chi connectivity index (χ2v) is 5.06. The number of carbonyl (C=O) groups excluding carboxylic acids is 1. The molecule has 22 heavy (non-hydrogen) atoms. The fourth-order valence-electron chi connectivity index (χ4n) is 1.99. The second-order valence-electron chi connectivity index (χ2n) is 4.66. The number of rotatable bonds is 4. The third-order valence-electron chi connectivity index (χ3n) is 2.97. The Bertz CT molecular complexity index is 690. The zero-order valence-corrected chi connectivity index (χ0v) is 13.3. The smallest absolute Gasteiger partial charge is 0.270 e. The van der Waals surface area contributed by atoms with E-state index in [2.05, 4.69) is 21.2 Å². The average molecular weight is 318 g/mol. The molecule has 7 heteroatoms. The van der Waals surface area contributed by atoms with Gasteiger partial charge in [0, 0.05) is 24.7 Å². The van der Waals surface area contributed by atoms with Gasteiger partial charge in [0.15, 0.2) is 5.11 Å². The van der Waals surface area contributed by atoms with E-state index in [0.717, 1.165) is 16.6 Å². The van der Waals surface area contributed by atoms with Gasteiger partial charge in [-0.05, 0) is 31.3 Å². The Balaban J connectivity index is 2.05. The highest BCUT2D eigenvalue weighted by atomic mass is 32.1. The molecule has 0 unspecified atom stereocenters. The van der Waals surface area contributed by atoms with Gasteiger partial charge >= 0.3 is 0 Å². The van der Waals surface area contributed by atoms with Crippen molar-refractivity contribution < 1.29 is 9.53 Å². The van der Waals surface area contributed by atoms with Gasteiger partial charge in [0.05, 0.1) is 17.7 Å². The van der Waals surface area contributed by atoms with Crippen LogP contribution in [-0.4, -0.2) is 36.3 Å². The molecule has 2 aromatic rings. The maximum atomic E-state index is 12.3. The van der Waals surface area contributed by atoms with Crippen LogP contribution in [0.2, 0.25) is 0 Å².